The topological polar surface area (TPSA) is 21.3 Å². The molecular formula is C13H23NOS. The zero-order chi connectivity index (χ0) is 12.0. The molecule has 0 spiro atoms. The quantitative estimate of drug-likeness (QED) is 0.792. The fourth-order valence-corrected chi connectivity index (χ4v) is 2.83. The first-order chi connectivity index (χ1) is 7.69. The molecule has 0 amide bonds. The number of hydrogen-bond acceptors (Lipinski definition) is 3. The number of likely N-dealkylation sites (N-methyl/N-ethyl adjacent to an activating group) is 1. The number of thiophene rings is 1. The summed E-state index contributed by atoms with van der Waals surface area (Å²) < 4.78 is 5.57. The van der Waals surface area contributed by atoms with Crippen molar-refractivity contribution in [2.45, 2.75) is 38.8 Å². The van der Waals surface area contributed by atoms with Gasteiger partial charge in [0.15, 0.2) is 0 Å². The second-order valence-electron chi connectivity index (χ2n) is 4.51. The Bertz CT molecular complexity index is 271. The van der Waals surface area contributed by atoms with E-state index in [9.17, 15) is 0 Å². The molecule has 1 rings (SSSR count). The highest BCUT2D eigenvalue weighted by Crippen LogP contribution is 2.16. The lowest BCUT2D eigenvalue weighted by Gasteiger charge is -2.28. The van der Waals surface area contributed by atoms with E-state index in [4.69, 9.17) is 4.74 Å². The van der Waals surface area contributed by atoms with Crippen LogP contribution in [0.15, 0.2) is 16.8 Å². The lowest BCUT2D eigenvalue weighted by molar-refractivity contribution is 0.0330. The van der Waals surface area contributed by atoms with Crippen LogP contribution in [0, 0.1) is 5.92 Å². The molecule has 0 aliphatic rings. The number of hydrogen-bond donors (Lipinski definition) is 1. The lowest BCUT2D eigenvalue weighted by Crippen LogP contribution is -2.42. The summed E-state index contributed by atoms with van der Waals surface area (Å²) in [5.74, 6) is 0.546. The van der Waals surface area contributed by atoms with Crippen molar-refractivity contribution >= 4 is 11.3 Å². The van der Waals surface area contributed by atoms with Gasteiger partial charge in [0.25, 0.3) is 0 Å². The molecule has 0 saturated heterocycles. The summed E-state index contributed by atoms with van der Waals surface area (Å²) in [5, 5.41) is 7.74. The Morgan fingerprint density at radius 3 is 2.62 bits per heavy atom. The summed E-state index contributed by atoms with van der Waals surface area (Å²) in [5.41, 5.74) is 1.43. The molecule has 3 heteroatoms. The van der Waals surface area contributed by atoms with E-state index in [-0.39, 0.29) is 0 Å². The zero-order valence-corrected chi connectivity index (χ0v) is 11.5. The van der Waals surface area contributed by atoms with Crippen LogP contribution in [-0.2, 0) is 11.2 Å². The molecule has 0 aliphatic carbocycles. The van der Waals surface area contributed by atoms with E-state index in [0.29, 0.717) is 18.1 Å². The van der Waals surface area contributed by atoms with Crippen molar-refractivity contribution in [3.8, 4) is 0 Å². The van der Waals surface area contributed by atoms with Crippen LogP contribution in [0.1, 0.15) is 25.8 Å². The molecular weight excluding hydrogens is 218 g/mol. The predicted octanol–water partition coefficient (Wildman–Crippen LogP) is 2.94. The Hall–Kier alpha value is -0.380. The number of ether oxygens (including phenoxy) is 1. The van der Waals surface area contributed by atoms with E-state index in [1.165, 1.54) is 5.56 Å². The molecule has 0 fully saturated rings. The molecule has 92 valence electrons. The highest BCUT2D eigenvalue weighted by Gasteiger charge is 2.22. The molecule has 2 unspecified atom stereocenters. The summed E-state index contributed by atoms with van der Waals surface area (Å²) in [7, 11) is 3.83. The van der Waals surface area contributed by atoms with Crippen molar-refractivity contribution in [1.82, 2.24) is 5.32 Å². The molecule has 0 aromatic carbocycles. The zero-order valence-electron chi connectivity index (χ0n) is 10.7. The first-order valence-corrected chi connectivity index (χ1v) is 6.84. The Labute approximate surface area is 103 Å². The van der Waals surface area contributed by atoms with E-state index in [0.717, 1.165) is 12.8 Å². The third kappa shape index (κ3) is 3.89. The Kier molecular flexibility index (Phi) is 6.03. The van der Waals surface area contributed by atoms with Crippen LogP contribution in [0.25, 0.3) is 0 Å². The van der Waals surface area contributed by atoms with Gasteiger partial charge in [0.2, 0.25) is 0 Å². The smallest absolute Gasteiger partial charge is 0.0747 e. The molecule has 0 bridgehead atoms. The van der Waals surface area contributed by atoms with E-state index < -0.39 is 0 Å². The SMILES string of the molecule is CNC(CCc1ccsc1)C(OC)C(C)C. The van der Waals surface area contributed by atoms with Crippen molar-refractivity contribution in [3.63, 3.8) is 0 Å². The van der Waals surface area contributed by atoms with Gasteiger partial charge in [-0.2, -0.15) is 11.3 Å². The molecule has 1 heterocycles. The normalized spacial score (nSPS) is 15.3. The molecule has 1 N–H and O–H groups in total. The standard InChI is InChI=1S/C13H23NOS/c1-10(2)13(15-4)12(14-3)6-5-11-7-8-16-9-11/h7-10,12-14H,5-6H2,1-4H3. The monoisotopic (exact) mass is 241 g/mol. The van der Waals surface area contributed by atoms with Gasteiger partial charge in [0.05, 0.1) is 6.10 Å². The van der Waals surface area contributed by atoms with Crippen molar-refractivity contribution in [2.24, 2.45) is 5.92 Å². The van der Waals surface area contributed by atoms with E-state index in [1.807, 2.05) is 7.05 Å². The second-order valence-corrected chi connectivity index (χ2v) is 5.29. The summed E-state index contributed by atoms with van der Waals surface area (Å²) in [6.45, 7) is 4.42. The highest BCUT2D eigenvalue weighted by atomic mass is 32.1. The van der Waals surface area contributed by atoms with Crippen LogP contribution in [-0.4, -0.2) is 26.3 Å². The lowest BCUT2D eigenvalue weighted by atomic mass is 9.95. The van der Waals surface area contributed by atoms with Gasteiger partial charge in [-0.1, -0.05) is 13.8 Å². The molecule has 16 heavy (non-hydrogen) atoms. The van der Waals surface area contributed by atoms with Crippen molar-refractivity contribution in [2.75, 3.05) is 14.2 Å². The van der Waals surface area contributed by atoms with Gasteiger partial charge in [-0.25, -0.2) is 0 Å². The molecule has 0 radical (unpaired) electrons. The van der Waals surface area contributed by atoms with E-state index >= 15 is 0 Å². The molecule has 0 saturated carbocycles. The van der Waals surface area contributed by atoms with Gasteiger partial charge in [0, 0.05) is 13.2 Å². The molecule has 1 aromatic rings. The molecule has 2 nitrogen and oxygen atoms in total. The fraction of sp³-hybridized carbons (Fsp3) is 0.692. The van der Waals surface area contributed by atoms with Crippen LogP contribution in [0.4, 0.5) is 0 Å². The van der Waals surface area contributed by atoms with Crippen molar-refractivity contribution < 1.29 is 4.74 Å². The Morgan fingerprint density at radius 1 is 1.44 bits per heavy atom. The summed E-state index contributed by atoms with van der Waals surface area (Å²) in [4.78, 5) is 0. The number of rotatable bonds is 7. The van der Waals surface area contributed by atoms with Crippen LogP contribution >= 0.6 is 11.3 Å². The second kappa shape index (κ2) is 7.05. The van der Waals surface area contributed by atoms with Gasteiger partial charge < -0.3 is 10.1 Å². The van der Waals surface area contributed by atoms with Crippen LogP contribution in [0.3, 0.4) is 0 Å². The van der Waals surface area contributed by atoms with Crippen LogP contribution in [0.5, 0.6) is 0 Å². The predicted molar refractivity (Wildman–Crippen MR) is 71.1 cm³/mol. The highest BCUT2D eigenvalue weighted by molar-refractivity contribution is 7.07. The third-order valence-electron chi connectivity index (χ3n) is 3.02. The Balaban J connectivity index is 2.47. The number of nitrogens with one attached hydrogen (secondary N) is 1. The summed E-state index contributed by atoms with van der Waals surface area (Å²) in [6, 6.07) is 2.64. The average Bonchev–Trinajstić information content (AvgIpc) is 2.76. The minimum absolute atomic E-state index is 0.295. The Morgan fingerprint density at radius 2 is 2.19 bits per heavy atom. The molecule has 2 atom stereocenters. The van der Waals surface area contributed by atoms with Gasteiger partial charge in [-0.3, -0.25) is 0 Å². The average molecular weight is 241 g/mol. The number of aryl methyl sites for hydroxylation is 1. The summed E-state index contributed by atoms with van der Waals surface area (Å²) >= 11 is 1.77. The maximum atomic E-state index is 5.57. The number of methoxy groups -OCH3 is 1. The van der Waals surface area contributed by atoms with Gasteiger partial charge in [-0.15, -0.1) is 0 Å². The third-order valence-corrected chi connectivity index (χ3v) is 3.75. The minimum Gasteiger partial charge on any atom is -0.380 e. The molecule has 1 aromatic heterocycles. The van der Waals surface area contributed by atoms with Crippen LogP contribution < -0.4 is 5.32 Å². The largest absolute Gasteiger partial charge is 0.380 e. The van der Waals surface area contributed by atoms with Crippen molar-refractivity contribution in [3.05, 3.63) is 22.4 Å². The van der Waals surface area contributed by atoms with Gasteiger partial charge in [0.1, 0.15) is 0 Å². The first kappa shape index (κ1) is 13.7. The van der Waals surface area contributed by atoms with E-state index in [1.54, 1.807) is 18.4 Å². The summed E-state index contributed by atoms with van der Waals surface area (Å²) in [6.07, 6.45) is 2.55. The van der Waals surface area contributed by atoms with Crippen LogP contribution in [0.2, 0.25) is 0 Å². The minimum atomic E-state index is 0.295. The fourth-order valence-electron chi connectivity index (χ4n) is 2.13. The maximum Gasteiger partial charge on any atom is 0.0747 e. The first-order valence-electron chi connectivity index (χ1n) is 5.90. The molecule has 0 aliphatic heterocycles. The maximum absolute atomic E-state index is 5.57. The van der Waals surface area contributed by atoms with Gasteiger partial charge in [-0.05, 0) is 48.2 Å². The van der Waals surface area contributed by atoms with Crippen molar-refractivity contribution in [1.29, 1.82) is 0 Å². The van der Waals surface area contributed by atoms with Gasteiger partial charge >= 0.3 is 0 Å². The van der Waals surface area contributed by atoms with E-state index in [2.05, 4.69) is 36.0 Å².